The lowest BCUT2D eigenvalue weighted by Gasteiger charge is -2.41. The summed E-state index contributed by atoms with van der Waals surface area (Å²) in [5.74, 6) is -1.23. The van der Waals surface area contributed by atoms with E-state index in [0.717, 1.165) is 51.4 Å². The predicted molar refractivity (Wildman–Crippen MR) is 239 cm³/mol. The van der Waals surface area contributed by atoms with E-state index in [9.17, 15) is 44.6 Å². The average molecular weight is 897 g/mol. The minimum atomic E-state index is -5.15. The van der Waals surface area contributed by atoms with Crippen LogP contribution in [0.2, 0.25) is 0 Å². The number of rotatable bonds is 35. The Hall–Kier alpha value is -2.75. The van der Waals surface area contributed by atoms with Gasteiger partial charge in [0.25, 0.3) is 0 Å². The molecule has 354 valence electrons. The highest BCUT2D eigenvalue weighted by atomic mass is 31.2. The molecule has 1 saturated carbocycles. The second-order valence-electron chi connectivity index (χ2n) is 15.9. The van der Waals surface area contributed by atoms with Crippen LogP contribution in [0.1, 0.15) is 142 Å². The summed E-state index contributed by atoms with van der Waals surface area (Å²) in [4.78, 5) is 35.7. The van der Waals surface area contributed by atoms with Gasteiger partial charge in [-0.25, -0.2) is 4.57 Å². The number of hydrogen-bond donors (Lipinski definition) is 6. The summed E-state index contributed by atoms with van der Waals surface area (Å²) in [5.41, 5.74) is 0. The van der Waals surface area contributed by atoms with Crippen molar-refractivity contribution in [1.82, 2.24) is 0 Å². The van der Waals surface area contributed by atoms with Gasteiger partial charge in [0.15, 0.2) is 6.10 Å². The summed E-state index contributed by atoms with van der Waals surface area (Å²) in [5, 5.41) is 50.1. The number of allylic oxidation sites excluding steroid dienone is 10. The van der Waals surface area contributed by atoms with E-state index in [1.807, 2.05) is 18.2 Å². The van der Waals surface area contributed by atoms with Gasteiger partial charge in [-0.2, -0.15) is 0 Å². The highest BCUT2D eigenvalue weighted by Gasteiger charge is 2.51. The van der Waals surface area contributed by atoms with Crippen LogP contribution in [0.3, 0.4) is 0 Å². The van der Waals surface area contributed by atoms with Crippen molar-refractivity contribution in [3.05, 3.63) is 72.9 Å². The highest BCUT2D eigenvalue weighted by molar-refractivity contribution is 7.47. The Morgan fingerprint density at radius 2 is 1.00 bits per heavy atom. The Bertz CT molecular complexity index is 1430. The van der Waals surface area contributed by atoms with Crippen molar-refractivity contribution in [3.8, 4) is 0 Å². The van der Waals surface area contributed by atoms with Crippen LogP contribution in [0.4, 0.5) is 0 Å². The van der Waals surface area contributed by atoms with Crippen molar-refractivity contribution in [1.29, 1.82) is 0 Å². The van der Waals surface area contributed by atoms with Crippen LogP contribution < -0.4 is 0 Å². The monoisotopic (exact) mass is 897 g/mol. The van der Waals surface area contributed by atoms with Gasteiger partial charge in [-0.15, -0.1) is 0 Å². The van der Waals surface area contributed by atoms with Crippen LogP contribution >= 0.6 is 7.82 Å². The summed E-state index contributed by atoms with van der Waals surface area (Å²) < 4.78 is 39.2. The molecule has 62 heavy (non-hydrogen) atoms. The number of unbranched alkanes of at least 4 members (excludes halogenated alkanes) is 9. The molecular weight excluding hydrogens is 819 g/mol. The predicted octanol–water partition coefficient (Wildman–Crippen LogP) is 7.71. The molecule has 15 heteroatoms. The first-order valence-corrected chi connectivity index (χ1v) is 24.4. The molecule has 1 aliphatic carbocycles. The number of phosphoric ester groups is 1. The number of carbonyl (C=O) groups is 2. The first-order chi connectivity index (χ1) is 29.9. The smallest absolute Gasteiger partial charge is 0.462 e. The van der Waals surface area contributed by atoms with E-state index in [-0.39, 0.29) is 25.0 Å². The standard InChI is InChI=1S/C47H77O14P/c1-3-5-7-9-11-13-14-15-16-17-18-20-22-24-30-34-41(49)59-37(36-58-62(55,56)61-47-45(53)43(51)42(50)44(52)46(47)54)35-57-40(48)33-29-26-25-28-32-39-38(60-39)31-27-23-21-19-12-10-8-6-4-2/h11-13,15-16,18-20,23,25,27-28,37-39,42-47,50-54H,3-10,14,17,21-22,24,26,29-36H2,1-2H3,(H,55,56)/b13-11-,16-15-,19-12-,20-18-,27-23-,28-25-/t37-,38?,39?,42?,43-,44+,45-,46-,47?/m1/s1. The Morgan fingerprint density at radius 1 is 0.565 bits per heavy atom. The molecule has 5 unspecified atom stereocenters. The van der Waals surface area contributed by atoms with Gasteiger partial charge < -0.3 is 44.6 Å². The zero-order valence-electron chi connectivity index (χ0n) is 37.1. The Morgan fingerprint density at radius 3 is 1.55 bits per heavy atom. The quantitative estimate of drug-likeness (QED) is 0.0118. The van der Waals surface area contributed by atoms with Gasteiger partial charge in [0.1, 0.15) is 43.2 Å². The van der Waals surface area contributed by atoms with Crippen LogP contribution in [0.5, 0.6) is 0 Å². The summed E-state index contributed by atoms with van der Waals surface area (Å²) in [7, 11) is -5.15. The van der Waals surface area contributed by atoms with Crippen molar-refractivity contribution in [2.75, 3.05) is 13.2 Å². The fourth-order valence-corrected chi connectivity index (χ4v) is 7.53. The number of phosphoric acid groups is 1. The number of esters is 2. The van der Waals surface area contributed by atoms with Crippen LogP contribution in [-0.2, 0) is 37.4 Å². The van der Waals surface area contributed by atoms with Crippen LogP contribution in [0, 0.1) is 0 Å². The SMILES string of the molecule is CCCCC/C=C\C/C=C\C/C=C\CCCCC(=O)O[C@H](COC(=O)CCC/C=C\CC1OC1C/C=C\C/C=C\CCCCC)COP(=O)(O)OC1[C@H](O)[C@H](O)C(O)[C@H](O)[C@H]1O. The maximum atomic E-state index is 12.8. The molecule has 1 heterocycles. The molecular formula is C47H77O14P. The summed E-state index contributed by atoms with van der Waals surface area (Å²) in [6.45, 7) is 3.13. The van der Waals surface area contributed by atoms with Crippen molar-refractivity contribution in [2.45, 2.75) is 197 Å². The fourth-order valence-electron chi connectivity index (χ4n) is 6.56. The average Bonchev–Trinajstić information content (AvgIpc) is 4.01. The Kier molecular flexibility index (Phi) is 30.1. The molecule has 0 aromatic heterocycles. The normalized spacial score (nSPS) is 25.8. The van der Waals surface area contributed by atoms with Crippen LogP contribution in [0.15, 0.2) is 72.9 Å². The Labute approximate surface area is 370 Å². The van der Waals surface area contributed by atoms with Gasteiger partial charge in [-0.05, 0) is 89.9 Å². The third kappa shape index (κ3) is 25.5. The van der Waals surface area contributed by atoms with E-state index in [1.165, 1.54) is 38.5 Å². The lowest BCUT2D eigenvalue weighted by Crippen LogP contribution is -2.64. The number of carbonyl (C=O) groups excluding carboxylic acids is 2. The molecule has 14 nitrogen and oxygen atoms in total. The van der Waals surface area contributed by atoms with E-state index in [4.69, 9.17) is 23.3 Å². The van der Waals surface area contributed by atoms with E-state index < -0.39 is 75.7 Å². The van der Waals surface area contributed by atoms with Crippen molar-refractivity contribution < 1.29 is 67.8 Å². The van der Waals surface area contributed by atoms with Gasteiger partial charge in [-0.1, -0.05) is 112 Å². The minimum Gasteiger partial charge on any atom is -0.462 e. The lowest BCUT2D eigenvalue weighted by molar-refractivity contribution is -0.220. The van der Waals surface area contributed by atoms with E-state index in [2.05, 4.69) is 68.5 Å². The molecule has 0 amide bonds. The van der Waals surface area contributed by atoms with Gasteiger partial charge in [0.05, 0.1) is 18.8 Å². The number of ether oxygens (including phenoxy) is 3. The maximum absolute atomic E-state index is 12.8. The van der Waals surface area contributed by atoms with Gasteiger partial charge in [-0.3, -0.25) is 18.6 Å². The number of aliphatic hydroxyl groups excluding tert-OH is 5. The molecule has 2 aliphatic rings. The first kappa shape index (κ1) is 55.4. The van der Waals surface area contributed by atoms with Gasteiger partial charge in [0, 0.05) is 12.8 Å². The second-order valence-corrected chi connectivity index (χ2v) is 17.3. The second kappa shape index (κ2) is 33.7. The summed E-state index contributed by atoms with van der Waals surface area (Å²) >= 11 is 0. The van der Waals surface area contributed by atoms with Crippen LogP contribution in [0.25, 0.3) is 0 Å². The van der Waals surface area contributed by atoms with Crippen LogP contribution in [-0.4, -0.2) is 111 Å². The number of epoxide rings is 1. The maximum Gasteiger partial charge on any atom is 0.472 e. The molecule has 0 radical (unpaired) electrons. The van der Waals surface area contributed by atoms with Crippen molar-refractivity contribution in [2.24, 2.45) is 0 Å². The topological polar surface area (TPSA) is 222 Å². The van der Waals surface area contributed by atoms with Crippen molar-refractivity contribution >= 4 is 19.8 Å². The molecule has 0 bridgehead atoms. The van der Waals surface area contributed by atoms with E-state index in [1.54, 1.807) is 0 Å². The first-order valence-electron chi connectivity index (χ1n) is 22.9. The van der Waals surface area contributed by atoms with Gasteiger partial charge >= 0.3 is 19.8 Å². The van der Waals surface area contributed by atoms with Gasteiger partial charge in [0.2, 0.25) is 0 Å². The zero-order chi connectivity index (χ0) is 45.4. The third-order valence-electron chi connectivity index (χ3n) is 10.4. The molecule has 2 fully saturated rings. The molecule has 10 atom stereocenters. The molecule has 6 N–H and O–H groups in total. The molecule has 0 aromatic rings. The third-order valence-corrected chi connectivity index (χ3v) is 11.4. The minimum absolute atomic E-state index is 0.0289. The van der Waals surface area contributed by atoms with Crippen molar-refractivity contribution in [3.63, 3.8) is 0 Å². The largest absolute Gasteiger partial charge is 0.472 e. The van der Waals surface area contributed by atoms with E-state index >= 15 is 0 Å². The Balaban J connectivity index is 1.77. The fraction of sp³-hybridized carbons (Fsp3) is 0.702. The summed E-state index contributed by atoms with van der Waals surface area (Å²) in [6, 6.07) is 0. The molecule has 0 spiro atoms. The molecule has 1 aliphatic heterocycles. The number of hydrogen-bond acceptors (Lipinski definition) is 13. The molecule has 2 rings (SSSR count). The highest BCUT2D eigenvalue weighted by Crippen LogP contribution is 2.47. The molecule has 0 aromatic carbocycles. The number of aliphatic hydroxyl groups is 5. The summed E-state index contributed by atoms with van der Waals surface area (Å²) in [6.07, 6.45) is 29.9. The zero-order valence-corrected chi connectivity index (χ0v) is 38.0. The molecule has 1 saturated heterocycles. The van der Waals surface area contributed by atoms with E-state index in [0.29, 0.717) is 25.7 Å². The lowest BCUT2D eigenvalue weighted by atomic mass is 9.85.